The van der Waals surface area contributed by atoms with Crippen molar-refractivity contribution in [3.8, 4) is 11.1 Å². The Morgan fingerprint density at radius 3 is 1.38 bits per heavy atom. The molecule has 5 aromatic rings. The Labute approximate surface area is 189 Å². The largest absolute Gasteiger partial charge is 0.0622 e. The van der Waals surface area contributed by atoms with E-state index in [0.717, 1.165) is 0 Å². The summed E-state index contributed by atoms with van der Waals surface area (Å²) in [7, 11) is 0. The van der Waals surface area contributed by atoms with Crippen LogP contribution in [0.1, 0.15) is 22.3 Å². The van der Waals surface area contributed by atoms with Crippen molar-refractivity contribution in [1.29, 1.82) is 0 Å². The van der Waals surface area contributed by atoms with Crippen molar-refractivity contribution in [1.82, 2.24) is 0 Å². The third-order valence-corrected chi connectivity index (χ3v) is 5.66. The highest BCUT2D eigenvalue weighted by Gasteiger charge is 1.97. The molecule has 5 aromatic carbocycles. The molecule has 0 aliphatic carbocycles. The third-order valence-electron chi connectivity index (χ3n) is 5.66. The van der Waals surface area contributed by atoms with Crippen molar-refractivity contribution in [2.75, 3.05) is 0 Å². The molecule has 0 spiro atoms. The summed E-state index contributed by atoms with van der Waals surface area (Å²) in [6, 6.07) is 42.8. The van der Waals surface area contributed by atoms with Gasteiger partial charge in [-0.25, -0.2) is 0 Å². The van der Waals surface area contributed by atoms with Gasteiger partial charge in [0.25, 0.3) is 0 Å². The first-order valence-electron chi connectivity index (χ1n) is 10.9. The first-order chi connectivity index (χ1) is 15.8. The zero-order valence-corrected chi connectivity index (χ0v) is 17.9. The van der Waals surface area contributed by atoms with Crippen LogP contribution in [0.4, 0.5) is 0 Å². The summed E-state index contributed by atoms with van der Waals surface area (Å²) >= 11 is 0. The summed E-state index contributed by atoms with van der Waals surface area (Å²) in [6.07, 6.45) is 8.66. The molecule has 0 aliphatic rings. The van der Waals surface area contributed by atoms with Gasteiger partial charge in [-0.2, -0.15) is 0 Å². The van der Waals surface area contributed by atoms with Crippen LogP contribution >= 0.6 is 0 Å². The van der Waals surface area contributed by atoms with Crippen LogP contribution in [0.15, 0.2) is 121 Å². The topological polar surface area (TPSA) is 0 Å². The maximum atomic E-state index is 2.23. The molecule has 0 aromatic heterocycles. The Morgan fingerprint density at radius 2 is 0.750 bits per heavy atom. The monoisotopic (exact) mass is 408 g/mol. The molecule has 0 heteroatoms. The van der Waals surface area contributed by atoms with Crippen molar-refractivity contribution in [3.63, 3.8) is 0 Å². The number of hydrogen-bond acceptors (Lipinski definition) is 0. The summed E-state index contributed by atoms with van der Waals surface area (Å²) < 4.78 is 0. The molecule has 0 saturated carbocycles. The molecule has 0 saturated heterocycles. The third kappa shape index (κ3) is 4.77. The molecule has 152 valence electrons. The lowest BCUT2D eigenvalue weighted by Gasteiger charge is -2.02. The normalized spacial score (nSPS) is 11.5. The van der Waals surface area contributed by atoms with E-state index in [4.69, 9.17) is 0 Å². The van der Waals surface area contributed by atoms with E-state index in [9.17, 15) is 0 Å². The smallest absolute Gasteiger partial charge is 0.0178 e. The molecule has 0 nitrogen and oxygen atoms in total. The first-order valence-corrected chi connectivity index (χ1v) is 10.9. The highest BCUT2D eigenvalue weighted by molar-refractivity contribution is 5.86. The van der Waals surface area contributed by atoms with E-state index in [1.54, 1.807) is 0 Å². The standard InChI is InChI=1S/C32H24/c1-2-6-29(7-3-1)31-21-18-27(19-22-31)15-14-25-10-12-26(13-11-25)16-17-28-20-23-30-8-4-5-9-32(30)24-28/h1-24H/b15-14+,17-16+. The fraction of sp³-hybridized carbons (Fsp3) is 0. The number of fused-ring (bicyclic) bond motifs is 1. The quantitative estimate of drug-likeness (QED) is 0.255. The van der Waals surface area contributed by atoms with Crippen LogP contribution in [0.3, 0.4) is 0 Å². The highest BCUT2D eigenvalue weighted by Crippen LogP contribution is 2.21. The second-order valence-corrected chi connectivity index (χ2v) is 7.93. The lowest BCUT2D eigenvalue weighted by molar-refractivity contribution is 1.60. The number of hydrogen-bond donors (Lipinski definition) is 0. The van der Waals surface area contributed by atoms with Gasteiger partial charge in [0.1, 0.15) is 0 Å². The predicted octanol–water partition coefficient (Wildman–Crippen LogP) is 8.85. The van der Waals surface area contributed by atoms with Gasteiger partial charge in [-0.3, -0.25) is 0 Å². The second-order valence-electron chi connectivity index (χ2n) is 7.93. The Bertz CT molecular complexity index is 1370. The van der Waals surface area contributed by atoms with Gasteiger partial charge < -0.3 is 0 Å². The van der Waals surface area contributed by atoms with Crippen LogP contribution in [-0.4, -0.2) is 0 Å². The van der Waals surface area contributed by atoms with Gasteiger partial charge in [0.05, 0.1) is 0 Å². The van der Waals surface area contributed by atoms with Crippen LogP contribution in [-0.2, 0) is 0 Å². The second kappa shape index (κ2) is 9.32. The number of rotatable bonds is 5. The molecule has 5 rings (SSSR count). The van der Waals surface area contributed by atoms with E-state index in [2.05, 4.69) is 140 Å². The zero-order valence-electron chi connectivity index (χ0n) is 17.9. The van der Waals surface area contributed by atoms with Crippen molar-refractivity contribution in [2.45, 2.75) is 0 Å². The maximum absolute atomic E-state index is 2.23. The molecule has 0 unspecified atom stereocenters. The van der Waals surface area contributed by atoms with Crippen LogP contribution in [0.2, 0.25) is 0 Å². The molecule has 0 atom stereocenters. The zero-order chi connectivity index (χ0) is 21.6. The van der Waals surface area contributed by atoms with Crippen molar-refractivity contribution in [2.24, 2.45) is 0 Å². The molecular formula is C32H24. The molecule has 0 radical (unpaired) electrons. The van der Waals surface area contributed by atoms with Crippen LogP contribution in [0.5, 0.6) is 0 Å². The van der Waals surface area contributed by atoms with E-state index in [0.29, 0.717) is 0 Å². The molecule has 0 amide bonds. The van der Waals surface area contributed by atoms with Gasteiger partial charge in [-0.05, 0) is 50.2 Å². The van der Waals surface area contributed by atoms with Crippen molar-refractivity contribution >= 4 is 35.1 Å². The summed E-state index contributed by atoms with van der Waals surface area (Å²) in [5.41, 5.74) is 7.29. The Kier molecular flexibility index (Phi) is 5.76. The van der Waals surface area contributed by atoms with Gasteiger partial charge in [-0.15, -0.1) is 0 Å². The van der Waals surface area contributed by atoms with Crippen molar-refractivity contribution in [3.05, 3.63) is 144 Å². The lowest BCUT2D eigenvalue weighted by Crippen LogP contribution is -1.78. The van der Waals surface area contributed by atoms with E-state index in [1.165, 1.54) is 44.2 Å². The molecule has 0 aliphatic heterocycles. The molecule has 0 fully saturated rings. The Balaban J connectivity index is 1.25. The fourth-order valence-corrected chi connectivity index (χ4v) is 3.83. The lowest BCUT2D eigenvalue weighted by atomic mass is 10.0. The first kappa shape index (κ1) is 19.8. The average Bonchev–Trinajstić information content (AvgIpc) is 2.87. The van der Waals surface area contributed by atoms with Gasteiger partial charge in [-0.1, -0.05) is 140 Å². The van der Waals surface area contributed by atoms with Gasteiger partial charge in [0, 0.05) is 0 Å². The van der Waals surface area contributed by atoms with E-state index in [1.807, 2.05) is 6.07 Å². The minimum atomic E-state index is 1.19. The van der Waals surface area contributed by atoms with Crippen LogP contribution in [0, 0.1) is 0 Å². The SMILES string of the molecule is C(=C\c1ccc(-c2ccccc2)cc1)/c1ccc(/C=C/c2ccc3ccccc3c2)cc1. The summed E-state index contributed by atoms with van der Waals surface area (Å²) in [5.74, 6) is 0. The van der Waals surface area contributed by atoms with E-state index < -0.39 is 0 Å². The maximum Gasteiger partial charge on any atom is -0.0178 e. The summed E-state index contributed by atoms with van der Waals surface area (Å²) in [5, 5.41) is 2.54. The molecule has 32 heavy (non-hydrogen) atoms. The Morgan fingerprint density at radius 1 is 0.312 bits per heavy atom. The molecule has 0 heterocycles. The molecular weight excluding hydrogens is 384 g/mol. The van der Waals surface area contributed by atoms with Crippen LogP contribution in [0.25, 0.3) is 46.2 Å². The van der Waals surface area contributed by atoms with Gasteiger partial charge >= 0.3 is 0 Å². The van der Waals surface area contributed by atoms with Crippen molar-refractivity contribution < 1.29 is 0 Å². The minimum absolute atomic E-state index is 1.19. The molecule has 0 bridgehead atoms. The average molecular weight is 409 g/mol. The van der Waals surface area contributed by atoms with Gasteiger partial charge in [0.15, 0.2) is 0 Å². The highest BCUT2D eigenvalue weighted by atomic mass is 14.0. The number of benzene rings is 5. The van der Waals surface area contributed by atoms with E-state index in [-0.39, 0.29) is 0 Å². The van der Waals surface area contributed by atoms with Crippen LogP contribution < -0.4 is 0 Å². The summed E-state index contributed by atoms with van der Waals surface area (Å²) in [6.45, 7) is 0. The summed E-state index contributed by atoms with van der Waals surface area (Å²) in [4.78, 5) is 0. The Hall–Kier alpha value is -4.16. The minimum Gasteiger partial charge on any atom is -0.0622 e. The predicted molar refractivity (Wildman–Crippen MR) is 140 cm³/mol. The molecule has 0 N–H and O–H groups in total. The van der Waals surface area contributed by atoms with E-state index >= 15 is 0 Å². The van der Waals surface area contributed by atoms with Gasteiger partial charge in [0.2, 0.25) is 0 Å². The fourth-order valence-electron chi connectivity index (χ4n) is 3.83.